The van der Waals surface area contributed by atoms with Crippen LogP contribution >= 0.6 is 0 Å². The number of aromatic nitrogens is 2. The zero-order valence-electron chi connectivity index (χ0n) is 15.7. The topological polar surface area (TPSA) is 38.1 Å². The number of likely N-dealkylation sites (N-methyl/N-ethyl adjacent to an activating group) is 1. The second kappa shape index (κ2) is 7.96. The molecule has 0 spiro atoms. The molecule has 0 atom stereocenters. The molecule has 4 nitrogen and oxygen atoms in total. The number of rotatable bonds is 7. The monoisotopic (exact) mass is 339 g/mol. The predicted octanol–water partition coefficient (Wildman–Crippen LogP) is 3.97. The molecule has 134 valence electrons. The third kappa shape index (κ3) is 4.18. The molecule has 0 unspecified atom stereocenters. The molecule has 4 heteroatoms. The standard InChI is InChI=1S/C21H29N3O/c1-16-14-20(17(2)24(16)19-6-4-5-7-19)21(25)15-23(3)13-10-18-8-11-22-12-9-18/h8-9,11-12,14,19H,4-7,10,13,15H2,1-3H3. The van der Waals surface area contributed by atoms with Gasteiger partial charge in [0.05, 0.1) is 6.54 Å². The Labute approximate surface area is 150 Å². The maximum atomic E-state index is 12.8. The number of carbonyl (C=O) groups is 1. The smallest absolute Gasteiger partial charge is 0.178 e. The molecule has 2 aromatic rings. The number of nitrogens with zero attached hydrogens (tertiary/aromatic N) is 3. The first-order valence-electron chi connectivity index (χ1n) is 9.35. The van der Waals surface area contributed by atoms with E-state index in [0.717, 1.165) is 24.2 Å². The number of Topliss-reactive ketones (excluding diaryl/α,β-unsaturated/α-hetero) is 1. The summed E-state index contributed by atoms with van der Waals surface area (Å²) >= 11 is 0. The lowest BCUT2D eigenvalue weighted by molar-refractivity contribution is 0.0946. The summed E-state index contributed by atoms with van der Waals surface area (Å²) in [6.45, 7) is 5.59. The Balaban J connectivity index is 1.62. The summed E-state index contributed by atoms with van der Waals surface area (Å²) in [5, 5.41) is 0. The molecule has 0 aliphatic heterocycles. The van der Waals surface area contributed by atoms with E-state index in [-0.39, 0.29) is 5.78 Å². The third-order valence-corrected chi connectivity index (χ3v) is 5.42. The molecule has 0 N–H and O–H groups in total. The second-order valence-corrected chi connectivity index (χ2v) is 7.36. The van der Waals surface area contributed by atoms with E-state index in [2.05, 4.69) is 34.4 Å². The summed E-state index contributed by atoms with van der Waals surface area (Å²) in [6, 6.07) is 6.74. The maximum Gasteiger partial charge on any atom is 0.178 e. The first kappa shape index (κ1) is 17.9. The molecule has 1 aliphatic carbocycles. The fourth-order valence-electron chi connectivity index (χ4n) is 4.06. The molecule has 1 fully saturated rings. The molecular formula is C21H29N3O. The Hall–Kier alpha value is -1.94. The van der Waals surface area contributed by atoms with Crippen LogP contribution in [0, 0.1) is 13.8 Å². The van der Waals surface area contributed by atoms with Crippen LogP contribution in [0.4, 0.5) is 0 Å². The van der Waals surface area contributed by atoms with Crippen molar-refractivity contribution in [1.29, 1.82) is 0 Å². The highest BCUT2D eigenvalue weighted by atomic mass is 16.1. The molecule has 1 saturated carbocycles. The molecular weight excluding hydrogens is 310 g/mol. The SMILES string of the molecule is Cc1cc(C(=O)CN(C)CCc2ccncc2)c(C)n1C1CCCC1. The Morgan fingerprint density at radius 3 is 2.60 bits per heavy atom. The molecule has 0 amide bonds. The van der Waals surface area contributed by atoms with Gasteiger partial charge in [-0.3, -0.25) is 14.7 Å². The van der Waals surface area contributed by atoms with Crippen molar-refractivity contribution in [2.75, 3.05) is 20.1 Å². The fraction of sp³-hybridized carbons (Fsp3) is 0.524. The lowest BCUT2D eigenvalue weighted by Gasteiger charge is -2.18. The summed E-state index contributed by atoms with van der Waals surface area (Å²) in [6.07, 6.45) is 9.68. The van der Waals surface area contributed by atoms with Gasteiger partial charge in [-0.1, -0.05) is 12.8 Å². The van der Waals surface area contributed by atoms with Gasteiger partial charge >= 0.3 is 0 Å². The van der Waals surface area contributed by atoms with E-state index in [1.54, 1.807) is 0 Å². The van der Waals surface area contributed by atoms with Gasteiger partial charge in [-0.15, -0.1) is 0 Å². The van der Waals surface area contributed by atoms with Crippen LogP contribution in [0.15, 0.2) is 30.6 Å². The lowest BCUT2D eigenvalue weighted by atomic mass is 10.1. The third-order valence-electron chi connectivity index (χ3n) is 5.42. The number of hydrogen-bond donors (Lipinski definition) is 0. The highest BCUT2D eigenvalue weighted by molar-refractivity contribution is 5.99. The van der Waals surface area contributed by atoms with Gasteiger partial charge in [-0.25, -0.2) is 0 Å². The van der Waals surface area contributed by atoms with Crippen molar-refractivity contribution in [3.8, 4) is 0 Å². The maximum absolute atomic E-state index is 12.8. The fourth-order valence-corrected chi connectivity index (χ4v) is 4.06. The van der Waals surface area contributed by atoms with Crippen molar-refractivity contribution in [3.63, 3.8) is 0 Å². The summed E-state index contributed by atoms with van der Waals surface area (Å²) in [4.78, 5) is 19.0. The first-order valence-corrected chi connectivity index (χ1v) is 9.35. The number of pyridine rings is 1. The van der Waals surface area contributed by atoms with Gasteiger partial charge in [0.1, 0.15) is 0 Å². The van der Waals surface area contributed by atoms with Gasteiger partial charge < -0.3 is 4.57 Å². The van der Waals surface area contributed by atoms with Crippen LogP contribution in [0.25, 0.3) is 0 Å². The van der Waals surface area contributed by atoms with Crippen molar-refractivity contribution >= 4 is 5.78 Å². The molecule has 3 rings (SSSR count). The van der Waals surface area contributed by atoms with Crippen LogP contribution in [0.2, 0.25) is 0 Å². The molecule has 0 bridgehead atoms. The van der Waals surface area contributed by atoms with E-state index in [4.69, 9.17) is 0 Å². The van der Waals surface area contributed by atoms with E-state index in [9.17, 15) is 4.79 Å². The van der Waals surface area contributed by atoms with Gasteiger partial charge in [0.15, 0.2) is 5.78 Å². The summed E-state index contributed by atoms with van der Waals surface area (Å²) < 4.78 is 2.40. The normalized spacial score (nSPS) is 15.2. The predicted molar refractivity (Wildman–Crippen MR) is 101 cm³/mol. The molecule has 1 aliphatic rings. The van der Waals surface area contributed by atoms with E-state index in [1.165, 1.54) is 36.9 Å². The van der Waals surface area contributed by atoms with E-state index >= 15 is 0 Å². The minimum absolute atomic E-state index is 0.231. The van der Waals surface area contributed by atoms with Crippen molar-refractivity contribution in [2.24, 2.45) is 0 Å². The van der Waals surface area contributed by atoms with Crippen molar-refractivity contribution in [3.05, 3.63) is 53.1 Å². The molecule has 0 aromatic carbocycles. The van der Waals surface area contributed by atoms with Gasteiger partial charge in [-0.05, 0) is 63.9 Å². The number of hydrogen-bond acceptors (Lipinski definition) is 3. The van der Waals surface area contributed by atoms with Crippen LogP contribution in [0.1, 0.15) is 59.0 Å². The molecule has 2 aromatic heterocycles. The Morgan fingerprint density at radius 2 is 1.92 bits per heavy atom. The minimum Gasteiger partial charge on any atom is -0.345 e. The van der Waals surface area contributed by atoms with Crippen molar-refractivity contribution in [1.82, 2.24) is 14.5 Å². The van der Waals surface area contributed by atoms with Crippen LogP contribution in [-0.4, -0.2) is 40.4 Å². The number of ketones is 1. The molecule has 0 saturated heterocycles. The summed E-state index contributed by atoms with van der Waals surface area (Å²) in [5.41, 5.74) is 4.54. The van der Waals surface area contributed by atoms with E-state index < -0.39 is 0 Å². The van der Waals surface area contributed by atoms with Crippen LogP contribution < -0.4 is 0 Å². The highest BCUT2D eigenvalue weighted by Crippen LogP contribution is 2.33. The number of carbonyl (C=O) groups excluding carboxylic acids is 1. The van der Waals surface area contributed by atoms with Gasteiger partial charge in [0.2, 0.25) is 0 Å². The Morgan fingerprint density at radius 1 is 1.24 bits per heavy atom. The Bertz CT molecular complexity index is 714. The molecule has 2 heterocycles. The molecule has 0 radical (unpaired) electrons. The first-order chi connectivity index (χ1) is 12.1. The van der Waals surface area contributed by atoms with Gasteiger partial charge in [0.25, 0.3) is 0 Å². The zero-order chi connectivity index (χ0) is 17.8. The minimum atomic E-state index is 0.231. The highest BCUT2D eigenvalue weighted by Gasteiger charge is 2.23. The van der Waals surface area contributed by atoms with Crippen molar-refractivity contribution < 1.29 is 4.79 Å². The zero-order valence-corrected chi connectivity index (χ0v) is 15.7. The Kier molecular flexibility index (Phi) is 5.69. The lowest BCUT2D eigenvalue weighted by Crippen LogP contribution is -2.28. The van der Waals surface area contributed by atoms with Crippen molar-refractivity contribution in [2.45, 2.75) is 52.0 Å². The van der Waals surface area contributed by atoms with Crippen LogP contribution in [0.5, 0.6) is 0 Å². The van der Waals surface area contributed by atoms with Crippen LogP contribution in [0.3, 0.4) is 0 Å². The van der Waals surface area contributed by atoms with Gasteiger partial charge in [0, 0.05) is 41.9 Å². The molecule has 25 heavy (non-hydrogen) atoms. The van der Waals surface area contributed by atoms with Crippen LogP contribution in [-0.2, 0) is 6.42 Å². The van der Waals surface area contributed by atoms with E-state index in [1.807, 2.05) is 31.6 Å². The average Bonchev–Trinajstić information content (AvgIpc) is 3.21. The van der Waals surface area contributed by atoms with E-state index in [0.29, 0.717) is 12.6 Å². The summed E-state index contributed by atoms with van der Waals surface area (Å²) in [7, 11) is 2.02. The van der Waals surface area contributed by atoms with Gasteiger partial charge in [-0.2, -0.15) is 0 Å². The second-order valence-electron chi connectivity index (χ2n) is 7.36. The summed E-state index contributed by atoms with van der Waals surface area (Å²) in [5.74, 6) is 0.231. The number of aryl methyl sites for hydroxylation is 1. The largest absolute Gasteiger partial charge is 0.345 e. The average molecular weight is 339 g/mol. The quantitative estimate of drug-likeness (QED) is 0.716.